The van der Waals surface area contributed by atoms with Crippen LogP contribution in [0.5, 0.6) is 0 Å². The number of aliphatic hydroxyl groups is 2. The molecule has 0 bridgehead atoms. The SMILES string of the molecule is O=C1C(=O)N(CCCO)[C@@H](c2ccc([N+](=O)[O-])cc2)/C1=C(\O)c1ccc(Cl)cc1. The maximum Gasteiger partial charge on any atom is 0.295 e. The first-order chi connectivity index (χ1) is 13.8. The number of non-ortho nitro benzene ring substituents is 1. The van der Waals surface area contributed by atoms with Crippen molar-refractivity contribution in [3.8, 4) is 0 Å². The number of nitro groups is 1. The lowest BCUT2D eigenvalue weighted by molar-refractivity contribution is -0.384. The average Bonchev–Trinajstić information content (AvgIpc) is 2.97. The summed E-state index contributed by atoms with van der Waals surface area (Å²) in [5.41, 5.74) is 0.479. The van der Waals surface area contributed by atoms with Crippen molar-refractivity contribution in [3.63, 3.8) is 0 Å². The Labute approximate surface area is 170 Å². The number of likely N-dealkylation sites (tertiary alicyclic amines) is 1. The number of benzene rings is 2. The molecule has 9 heteroatoms. The van der Waals surface area contributed by atoms with Crippen LogP contribution in [0.25, 0.3) is 5.76 Å². The van der Waals surface area contributed by atoms with Gasteiger partial charge < -0.3 is 15.1 Å². The number of rotatable bonds is 6. The number of Topliss-reactive ketones (excluding diaryl/α,β-unsaturated/α-hetero) is 1. The highest BCUT2D eigenvalue weighted by Crippen LogP contribution is 2.39. The second-order valence-electron chi connectivity index (χ2n) is 6.43. The molecule has 1 saturated heterocycles. The van der Waals surface area contributed by atoms with Crippen molar-refractivity contribution in [3.05, 3.63) is 80.4 Å². The van der Waals surface area contributed by atoms with Gasteiger partial charge in [0.1, 0.15) is 5.76 Å². The predicted octanol–water partition coefficient (Wildman–Crippen LogP) is 3.05. The number of halogens is 1. The Bertz CT molecular complexity index is 985. The van der Waals surface area contributed by atoms with Gasteiger partial charge in [-0.25, -0.2) is 0 Å². The van der Waals surface area contributed by atoms with Crippen LogP contribution in [0.3, 0.4) is 0 Å². The first-order valence-corrected chi connectivity index (χ1v) is 9.12. The smallest absolute Gasteiger partial charge is 0.295 e. The van der Waals surface area contributed by atoms with Crippen molar-refractivity contribution >= 4 is 34.7 Å². The molecule has 2 aromatic carbocycles. The van der Waals surface area contributed by atoms with Crippen LogP contribution in [0.1, 0.15) is 23.6 Å². The van der Waals surface area contributed by atoms with E-state index in [0.717, 1.165) is 0 Å². The quantitative estimate of drug-likeness (QED) is 0.245. The third-order valence-electron chi connectivity index (χ3n) is 4.63. The van der Waals surface area contributed by atoms with Crippen molar-refractivity contribution in [2.75, 3.05) is 13.2 Å². The van der Waals surface area contributed by atoms with Crippen LogP contribution >= 0.6 is 11.6 Å². The second-order valence-corrected chi connectivity index (χ2v) is 6.86. The maximum absolute atomic E-state index is 12.7. The first kappa shape index (κ1) is 20.5. The van der Waals surface area contributed by atoms with E-state index in [1.807, 2.05) is 0 Å². The summed E-state index contributed by atoms with van der Waals surface area (Å²) in [4.78, 5) is 36.9. The molecule has 29 heavy (non-hydrogen) atoms. The number of carbonyl (C=O) groups is 2. The Hall–Kier alpha value is -3.23. The lowest BCUT2D eigenvalue weighted by Crippen LogP contribution is -2.31. The molecule has 0 aliphatic carbocycles. The molecule has 8 nitrogen and oxygen atoms in total. The minimum Gasteiger partial charge on any atom is -0.507 e. The number of hydrogen-bond donors (Lipinski definition) is 2. The minimum absolute atomic E-state index is 0.0835. The van der Waals surface area contributed by atoms with E-state index in [-0.39, 0.29) is 36.6 Å². The van der Waals surface area contributed by atoms with E-state index in [4.69, 9.17) is 16.7 Å². The van der Waals surface area contributed by atoms with Gasteiger partial charge in [0.05, 0.1) is 16.5 Å². The van der Waals surface area contributed by atoms with Gasteiger partial charge in [-0.15, -0.1) is 0 Å². The van der Waals surface area contributed by atoms with Gasteiger partial charge in [0, 0.05) is 35.9 Å². The summed E-state index contributed by atoms with van der Waals surface area (Å²) in [6.45, 7) is -0.104. The van der Waals surface area contributed by atoms with Crippen molar-refractivity contribution in [2.24, 2.45) is 0 Å². The summed E-state index contributed by atoms with van der Waals surface area (Å²) in [6.07, 6.45) is 0.234. The van der Waals surface area contributed by atoms with Crippen molar-refractivity contribution in [1.29, 1.82) is 0 Å². The Balaban J connectivity index is 2.14. The van der Waals surface area contributed by atoms with Gasteiger partial charge in [0.25, 0.3) is 17.4 Å². The molecular weight excluding hydrogens is 400 g/mol. The lowest BCUT2D eigenvalue weighted by atomic mass is 9.95. The minimum atomic E-state index is -0.932. The van der Waals surface area contributed by atoms with Crippen molar-refractivity contribution in [1.82, 2.24) is 4.90 Å². The maximum atomic E-state index is 12.7. The normalized spacial score (nSPS) is 18.3. The molecule has 150 valence electrons. The molecule has 0 radical (unpaired) electrons. The van der Waals surface area contributed by atoms with E-state index in [0.29, 0.717) is 16.1 Å². The molecule has 1 aliphatic rings. The molecule has 2 aromatic rings. The summed E-state index contributed by atoms with van der Waals surface area (Å²) < 4.78 is 0. The van der Waals surface area contributed by atoms with E-state index in [2.05, 4.69) is 0 Å². The lowest BCUT2D eigenvalue weighted by Gasteiger charge is -2.25. The predicted molar refractivity (Wildman–Crippen MR) is 105 cm³/mol. The van der Waals surface area contributed by atoms with Crippen molar-refractivity contribution in [2.45, 2.75) is 12.5 Å². The number of hydrogen-bond acceptors (Lipinski definition) is 6. The summed E-state index contributed by atoms with van der Waals surface area (Å²) >= 11 is 5.87. The molecule has 1 fully saturated rings. The zero-order chi connectivity index (χ0) is 21.1. The molecule has 1 heterocycles. The topological polar surface area (TPSA) is 121 Å². The number of carbonyl (C=O) groups excluding carboxylic acids is 2. The van der Waals surface area contributed by atoms with E-state index >= 15 is 0 Å². The van der Waals surface area contributed by atoms with E-state index in [1.54, 1.807) is 12.1 Å². The highest BCUT2D eigenvalue weighted by atomic mass is 35.5. The average molecular weight is 417 g/mol. The van der Waals surface area contributed by atoms with Crippen molar-refractivity contribution < 1.29 is 24.7 Å². The standard InChI is InChI=1S/C20H17ClN2O6/c21-14-6-2-13(3-7-14)18(25)16-17(12-4-8-15(9-5-12)23(28)29)22(10-1-11-24)20(27)19(16)26/h2-9,17,24-25H,1,10-11H2/b18-16+/t17-/m0/s1. The molecule has 1 atom stereocenters. The Morgan fingerprint density at radius 3 is 2.28 bits per heavy atom. The monoisotopic (exact) mass is 416 g/mol. The Morgan fingerprint density at radius 1 is 1.10 bits per heavy atom. The molecule has 0 spiro atoms. The number of aliphatic hydroxyl groups excluding tert-OH is 2. The molecule has 1 aliphatic heterocycles. The fraction of sp³-hybridized carbons (Fsp3) is 0.200. The molecule has 0 unspecified atom stereocenters. The third-order valence-corrected chi connectivity index (χ3v) is 4.89. The number of amides is 1. The van der Waals surface area contributed by atoms with Gasteiger partial charge in [-0.1, -0.05) is 11.6 Å². The summed E-state index contributed by atoms with van der Waals surface area (Å²) in [5.74, 6) is -2.04. The van der Waals surface area contributed by atoms with Gasteiger partial charge in [-0.3, -0.25) is 19.7 Å². The summed E-state index contributed by atoms with van der Waals surface area (Å²) in [5, 5.41) is 31.3. The second kappa shape index (κ2) is 8.42. The van der Waals surface area contributed by atoms with Crippen LogP contribution in [-0.4, -0.2) is 44.9 Å². The van der Waals surface area contributed by atoms with Gasteiger partial charge in [-0.2, -0.15) is 0 Å². The summed E-state index contributed by atoms with van der Waals surface area (Å²) in [6, 6.07) is 10.6. The third kappa shape index (κ3) is 3.98. The van der Waals surface area contributed by atoms with E-state index in [1.165, 1.54) is 41.3 Å². The zero-order valence-corrected chi connectivity index (χ0v) is 15.9. The molecule has 0 aromatic heterocycles. The van der Waals surface area contributed by atoms with E-state index in [9.17, 15) is 24.8 Å². The fourth-order valence-corrected chi connectivity index (χ4v) is 3.37. The van der Waals surface area contributed by atoms with Gasteiger partial charge in [-0.05, 0) is 48.4 Å². The Morgan fingerprint density at radius 2 is 1.72 bits per heavy atom. The molecule has 2 N–H and O–H groups in total. The molecule has 3 rings (SSSR count). The first-order valence-electron chi connectivity index (χ1n) is 8.74. The summed E-state index contributed by atoms with van der Waals surface area (Å²) in [7, 11) is 0. The van der Waals surface area contributed by atoms with Gasteiger partial charge in [0.2, 0.25) is 0 Å². The van der Waals surface area contributed by atoms with Crippen LogP contribution in [0, 0.1) is 10.1 Å². The largest absolute Gasteiger partial charge is 0.507 e. The number of ketones is 1. The highest BCUT2D eigenvalue weighted by Gasteiger charge is 2.45. The van der Waals surface area contributed by atoms with Crippen LogP contribution in [0.2, 0.25) is 5.02 Å². The highest BCUT2D eigenvalue weighted by molar-refractivity contribution is 6.46. The van der Waals surface area contributed by atoms with Crippen LogP contribution in [0.4, 0.5) is 5.69 Å². The molecule has 0 saturated carbocycles. The van der Waals surface area contributed by atoms with Crippen LogP contribution in [0.15, 0.2) is 54.1 Å². The zero-order valence-electron chi connectivity index (χ0n) is 15.1. The van der Waals surface area contributed by atoms with Crippen LogP contribution < -0.4 is 0 Å². The van der Waals surface area contributed by atoms with Crippen LogP contribution in [-0.2, 0) is 9.59 Å². The Kier molecular flexibility index (Phi) is 5.95. The van der Waals surface area contributed by atoms with Gasteiger partial charge >= 0.3 is 0 Å². The molecule has 1 amide bonds. The number of nitrogens with zero attached hydrogens (tertiary/aromatic N) is 2. The number of nitro benzene ring substituents is 1. The van der Waals surface area contributed by atoms with E-state index < -0.39 is 22.7 Å². The van der Waals surface area contributed by atoms with Gasteiger partial charge in [0.15, 0.2) is 0 Å². The molecular formula is C20H17ClN2O6. The fourth-order valence-electron chi connectivity index (χ4n) is 3.24.